The molecule has 0 aromatic carbocycles. The average molecular weight is 392 g/mol. The van der Waals surface area contributed by atoms with Crippen LogP contribution < -0.4 is 5.32 Å². The first-order chi connectivity index (χ1) is 13.0. The Morgan fingerprint density at radius 1 is 1.19 bits per heavy atom. The van der Waals surface area contributed by atoms with Gasteiger partial charge in [-0.25, -0.2) is 0 Å². The lowest BCUT2D eigenvalue weighted by Gasteiger charge is -2.41. The van der Waals surface area contributed by atoms with Gasteiger partial charge in [0.15, 0.2) is 0 Å². The molecule has 2 fully saturated rings. The highest BCUT2D eigenvalue weighted by Gasteiger charge is 2.34. The summed E-state index contributed by atoms with van der Waals surface area (Å²) in [5.74, 6) is 0.0706. The fourth-order valence-corrected chi connectivity index (χ4v) is 4.57. The topological polar surface area (TPSA) is 69.7 Å². The quantitative estimate of drug-likeness (QED) is 0.838. The van der Waals surface area contributed by atoms with Crippen LogP contribution in [0.5, 0.6) is 0 Å². The van der Waals surface area contributed by atoms with Crippen molar-refractivity contribution in [1.82, 2.24) is 15.1 Å². The first-order valence-corrected chi connectivity index (χ1v) is 10.8. The van der Waals surface area contributed by atoms with Crippen molar-refractivity contribution < 1.29 is 14.4 Å². The molecule has 0 aliphatic carbocycles. The van der Waals surface area contributed by atoms with Gasteiger partial charge >= 0.3 is 0 Å². The number of hydrogen-bond acceptors (Lipinski definition) is 4. The van der Waals surface area contributed by atoms with E-state index < -0.39 is 6.04 Å². The fourth-order valence-electron chi connectivity index (χ4n) is 3.94. The van der Waals surface area contributed by atoms with Gasteiger partial charge < -0.3 is 15.1 Å². The largest absolute Gasteiger partial charge is 0.341 e. The molecule has 0 radical (unpaired) electrons. The molecule has 6 nitrogen and oxygen atoms in total. The van der Waals surface area contributed by atoms with Crippen LogP contribution in [0.4, 0.5) is 0 Å². The highest BCUT2D eigenvalue weighted by molar-refractivity contribution is 7.12. The third-order valence-corrected chi connectivity index (χ3v) is 6.41. The molecule has 0 bridgehead atoms. The Morgan fingerprint density at radius 2 is 1.93 bits per heavy atom. The number of likely N-dealkylation sites (tertiary alicyclic amines) is 2. The summed E-state index contributed by atoms with van der Waals surface area (Å²) in [6.45, 7) is 6.05. The Morgan fingerprint density at radius 3 is 2.52 bits per heavy atom. The van der Waals surface area contributed by atoms with Gasteiger partial charge in [0.25, 0.3) is 5.91 Å². The Kier molecular flexibility index (Phi) is 6.52. The Hall–Kier alpha value is -1.89. The van der Waals surface area contributed by atoms with Crippen LogP contribution in [0.2, 0.25) is 0 Å². The van der Waals surface area contributed by atoms with Crippen LogP contribution in [0.1, 0.15) is 55.6 Å². The Labute approximate surface area is 164 Å². The fraction of sp³-hybridized carbons (Fsp3) is 0.650. The predicted molar refractivity (Wildman–Crippen MR) is 106 cm³/mol. The molecule has 1 atom stereocenters. The standard InChI is InChI=1S/C20H29N3O3S/c1-14(2)18(21-19(25)16-6-5-13-27-16)20(26)22-11-8-15(9-12-22)23-10-4-3-7-17(23)24/h5-6,13-15,18H,3-4,7-12H2,1-2H3,(H,21,25)/t18-/m0/s1. The highest BCUT2D eigenvalue weighted by atomic mass is 32.1. The third-order valence-electron chi connectivity index (χ3n) is 5.54. The molecule has 2 aliphatic heterocycles. The van der Waals surface area contributed by atoms with Crippen molar-refractivity contribution in [2.24, 2.45) is 5.92 Å². The SMILES string of the molecule is CC(C)[C@H](NC(=O)c1cccs1)C(=O)N1CCC(N2CCCCC2=O)CC1. The second-order valence-corrected chi connectivity index (χ2v) is 8.72. The maximum Gasteiger partial charge on any atom is 0.262 e. The zero-order valence-corrected chi connectivity index (χ0v) is 17.0. The summed E-state index contributed by atoms with van der Waals surface area (Å²) in [5, 5.41) is 4.77. The maximum atomic E-state index is 13.0. The number of carbonyl (C=O) groups is 3. The van der Waals surface area contributed by atoms with E-state index in [4.69, 9.17) is 0 Å². The Balaban J connectivity index is 1.57. The van der Waals surface area contributed by atoms with Gasteiger partial charge in [-0.15, -0.1) is 11.3 Å². The van der Waals surface area contributed by atoms with Gasteiger partial charge in [-0.2, -0.15) is 0 Å². The van der Waals surface area contributed by atoms with E-state index in [1.54, 1.807) is 6.07 Å². The normalized spacial score (nSPS) is 20.0. The van der Waals surface area contributed by atoms with Crippen LogP contribution in [-0.4, -0.2) is 59.2 Å². The first-order valence-electron chi connectivity index (χ1n) is 9.90. The lowest BCUT2D eigenvalue weighted by Crippen LogP contribution is -2.55. The van der Waals surface area contributed by atoms with Gasteiger partial charge in [0.05, 0.1) is 4.88 Å². The van der Waals surface area contributed by atoms with Gasteiger partial charge in [-0.05, 0) is 43.0 Å². The summed E-state index contributed by atoms with van der Waals surface area (Å²) >= 11 is 1.37. The van der Waals surface area contributed by atoms with E-state index in [2.05, 4.69) is 5.32 Å². The molecule has 1 aromatic heterocycles. The van der Waals surface area contributed by atoms with Crippen LogP contribution in [0.3, 0.4) is 0 Å². The molecule has 3 heterocycles. The average Bonchev–Trinajstić information content (AvgIpc) is 3.21. The van der Waals surface area contributed by atoms with Crippen molar-refractivity contribution >= 4 is 29.1 Å². The number of nitrogens with one attached hydrogen (secondary N) is 1. The molecule has 148 valence electrons. The van der Waals surface area contributed by atoms with Crippen molar-refractivity contribution in [1.29, 1.82) is 0 Å². The molecule has 7 heteroatoms. The minimum atomic E-state index is -0.521. The van der Waals surface area contributed by atoms with Crippen LogP contribution in [0.25, 0.3) is 0 Å². The summed E-state index contributed by atoms with van der Waals surface area (Å²) < 4.78 is 0. The lowest BCUT2D eigenvalue weighted by molar-refractivity contribution is -0.139. The van der Waals surface area contributed by atoms with E-state index in [0.29, 0.717) is 24.4 Å². The maximum absolute atomic E-state index is 13.0. The van der Waals surface area contributed by atoms with E-state index >= 15 is 0 Å². The van der Waals surface area contributed by atoms with E-state index in [-0.39, 0.29) is 29.7 Å². The second kappa shape index (κ2) is 8.87. The summed E-state index contributed by atoms with van der Waals surface area (Å²) in [4.78, 5) is 42.0. The van der Waals surface area contributed by atoms with Crippen molar-refractivity contribution in [2.45, 2.75) is 58.0 Å². The lowest BCUT2D eigenvalue weighted by atomic mass is 9.97. The summed E-state index contributed by atoms with van der Waals surface area (Å²) in [6, 6.07) is 3.33. The summed E-state index contributed by atoms with van der Waals surface area (Å²) in [7, 11) is 0. The molecule has 0 saturated carbocycles. The molecule has 0 spiro atoms. The third kappa shape index (κ3) is 4.69. The number of piperidine rings is 2. The Bertz CT molecular complexity index is 666. The van der Waals surface area contributed by atoms with Gasteiger partial charge in [-0.3, -0.25) is 14.4 Å². The summed E-state index contributed by atoms with van der Waals surface area (Å²) in [5.41, 5.74) is 0. The van der Waals surface area contributed by atoms with Gasteiger partial charge in [-0.1, -0.05) is 19.9 Å². The minimum Gasteiger partial charge on any atom is -0.341 e. The zero-order chi connectivity index (χ0) is 19.4. The van der Waals surface area contributed by atoms with Crippen LogP contribution >= 0.6 is 11.3 Å². The molecule has 3 amide bonds. The highest BCUT2D eigenvalue weighted by Crippen LogP contribution is 2.23. The van der Waals surface area contributed by atoms with E-state index in [1.807, 2.05) is 35.1 Å². The number of hydrogen-bond donors (Lipinski definition) is 1. The molecule has 2 aliphatic rings. The van der Waals surface area contributed by atoms with Crippen molar-refractivity contribution in [3.05, 3.63) is 22.4 Å². The molecule has 1 N–H and O–H groups in total. The molecule has 2 saturated heterocycles. The van der Waals surface area contributed by atoms with Gasteiger partial charge in [0, 0.05) is 32.1 Å². The number of rotatable bonds is 5. The van der Waals surface area contributed by atoms with Crippen molar-refractivity contribution in [2.75, 3.05) is 19.6 Å². The van der Waals surface area contributed by atoms with Crippen molar-refractivity contribution in [3.8, 4) is 0 Å². The minimum absolute atomic E-state index is 0.0154. The number of thiophene rings is 1. The van der Waals surface area contributed by atoms with Gasteiger partial charge in [0.1, 0.15) is 6.04 Å². The smallest absolute Gasteiger partial charge is 0.262 e. The second-order valence-electron chi connectivity index (χ2n) is 7.77. The molecular weight excluding hydrogens is 362 g/mol. The van der Waals surface area contributed by atoms with Crippen LogP contribution in [0, 0.1) is 5.92 Å². The number of nitrogens with zero attached hydrogens (tertiary/aromatic N) is 2. The van der Waals surface area contributed by atoms with Crippen LogP contribution in [0.15, 0.2) is 17.5 Å². The van der Waals surface area contributed by atoms with Crippen LogP contribution in [-0.2, 0) is 9.59 Å². The number of amides is 3. The summed E-state index contributed by atoms with van der Waals surface area (Å²) in [6.07, 6.45) is 4.37. The molecule has 27 heavy (non-hydrogen) atoms. The number of carbonyl (C=O) groups excluding carboxylic acids is 3. The van der Waals surface area contributed by atoms with Crippen molar-refractivity contribution in [3.63, 3.8) is 0 Å². The zero-order valence-electron chi connectivity index (χ0n) is 16.1. The van der Waals surface area contributed by atoms with Gasteiger partial charge in [0.2, 0.25) is 11.8 Å². The molecular formula is C20H29N3O3S. The molecule has 1 aromatic rings. The molecule has 3 rings (SSSR count). The monoisotopic (exact) mass is 391 g/mol. The predicted octanol–water partition coefficient (Wildman–Crippen LogP) is 2.51. The molecule has 0 unspecified atom stereocenters. The van der Waals surface area contributed by atoms with E-state index in [9.17, 15) is 14.4 Å². The van der Waals surface area contributed by atoms with E-state index in [1.165, 1.54) is 11.3 Å². The first kappa shape index (κ1) is 19.9. The van der Waals surface area contributed by atoms with E-state index in [0.717, 1.165) is 32.2 Å².